The lowest BCUT2D eigenvalue weighted by Gasteiger charge is -2.18. The second-order valence-electron chi connectivity index (χ2n) is 5.20. The summed E-state index contributed by atoms with van der Waals surface area (Å²) in [5.74, 6) is 2.48. The van der Waals surface area contributed by atoms with Crippen LogP contribution in [0.15, 0.2) is 24.3 Å². The van der Waals surface area contributed by atoms with Crippen LogP contribution in [0.3, 0.4) is 0 Å². The number of hydrogen-bond acceptors (Lipinski definition) is 6. The summed E-state index contributed by atoms with van der Waals surface area (Å²) in [7, 11) is 0. The largest absolute Gasteiger partial charge is 0.486 e. The second kappa shape index (κ2) is 5.58. The maximum atomic E-state index is 6.13. The Morgan fingerprint density at radius 3 is 2.87 bits per heavy atom. The van der Waals surface area contributed by atoms with Crippen molar-refractivity contribution in [1.29, 1.82) is 0 Å². The van der Waals surface area contributed by atoms with Gasteiger partial charge in [0.1, 0.15) is 18.4 Å². The predicted octanol–water partition coefficient (Wildman–Crippen LogP) is 2.47. The molecule has 1 aromatic carbocycles. The molecule has 0 spiro atoms. The third-order valence-corrected chi connectivity index (χ3v) is 3.72. The molecule has 0 amide bonds. The van der Waals surface area contributed by atoms with Gasteiger partial charge < -0.3 is 14.8 Å². The number of nitrogens with zero attached hydrogens (tertiary/aromatic N) is 4. The van der Waals surface area contributed by atoms with Crippen LogP contribution in [0.4, 0.5) is 5.95 Å². The molecule has 0 saturated heterocycles. The van der Waals surface area contributed by atoms with Gasteiger partial charge in [0, 0.05) is 12.2 Å². The van der Waals surface area contributed by atoms with Gasteiger partial charge >= 0.3 is 0 Å². The number of aromatic nitrogens is 4. The van der Waals surface area contributed by atoms with E-state index in [1.165, 1.54) is 4.52 Å². The van der Waals surface area contributed by atoms with Crippen LogP contribution in [-0.4, -0.2) is 32.8 Å². The van der Waals surface area contributed by atoms with Crippen molar-refractivity contribution in [2.45, 2.75) is 13.5 Å². The van der Waals surface area contributed by atoms with E-state index in [0.29, 0.717) is 36.6 Å². The SMILES string of the molecule is Cc1cc(Cl)n2nc(NCc3ccc4c(c3)OCCO4)nc2n1. The molecule has 2 aromatic heterocycles. The highest BCUT2D eigenvalue weighted by Gasteiger charge is 2.12. The lowest BCUT2D eigenvalue weighted by molar-refractivity contribution is 0.171. The van der Waals surface area contributed by atoms with Gasteiger partial charge in [-0.3, -0.25) is 0 Å². The molecule has 0 atom stereocenters. The van der Waals surface area contributed by atoms with Gasteiger partial charge in [-0.25, -0.2) is 4.98 Å². The number of aryl methyl sites for hydroxylation is 1. The Kier molecular flexibility index (Phi) is 3.42. The van der Waals surface area contributed by atoms with Crippen molar-refractivity contribution in [1.82, 2.24) is 19.6 Å². The van der Waals surface area contributed by atoms with Crippen LogP contribution < -0.4 is 14.8 Å². The molecule has 118 valence electrons. The summed E-state index contributed by atoms with van der Waals surface area (Å²) in [4.78, 5) is 8.62. The van der Waals surface area contributed by atoms with Gasteiger partial charge in [0.15, 0.2) is 11.5 Å². The van der Waals surface area contributed by atoms with Gasteiger partial charge in [0.25, 0.3) is 5.78 Å². The quantitative estimate of drug-likeness (QED) is 0.743. The summed E-state index contributed by atoms with van der Waals surface area (Å²) >= 11 is 6.13. The van der Waals surface area contributed by atoms with Crippen LogP contribution in [0, 0.1) is 6.92 Å². The fourth-order valence-corrected chi connectivity index (χ4v) is 2.67. The molecular formula is C15H14ClN5O2. The summed E-state index contributed by atoms with van der Waals surface area (Å²) in [6, 6.07) is 7.58. The summed E-state index contributed by atoms with van der Waals surface area (Å²) < 4.78 is 12.6. The van der Waals surface area contributed by atoms with E-state index in [-0.39, 0.29) is 0 Å². The molecule has 1 aliphatic heterocycles. The summed E-state index contributed by atoms with van der Waals surface area (Å²) in [6.45, 7) is 3.58. The number of nitrogens with one attached hydrogen (secondary N) is 1. The van der Waals surface area contributed by atoms with Crippen LogP contribution in [0.1, 0.15) is 11.3 Å². The monoisotopic (exact) mass is 331 g/mol. The highest BCUT2D eigenvalue weighted by atomic mass is 35.5. The third kappa shape index (κ3) is 2.75. The van der Waals surface area contributed by atoms with E-state index in [4.69, 9.17) is 21.1 Å². The van der Waals surface area contributed by atoms with Crippen molar-refractivity contribution < 1.29 is 9.47 Å². The summed E-state index contributed by atoms with van der Waals surface area (Å²) in [6.07, 6.45) is 0. The van der Waals surface area contributed by atoms with E-state index in [1.807, 2.05) is 25.1 Å². The molecule has 4 rings (SSSR count). The zero-order chi connectivity index (χ0) is 15.8. The number of rotatable bonds is 3. The van der Waals surface area contributed by atoms with E-state index >= 15 is 0 Å². The van der Waals surface area contributed by atoms with Gasteiger partial charge in [-0.1, -0.05) is 17.7 Å². The molecule has 0 fully saturated rings. The van der Waals surface area contributed by atoms with Gasteiger partial charge in [0.2, 0.25) is 5.95 Å². The topological polar surface area (TPSA) is 73.6 Å². The first-order valence-electron chi connectivity index (χ1n) is 7.21. The first-order valence-corrected chi connectivity index (χ1v) is 7.59. The predicted molar refractivity (Wildman–Crippen MR) is 85.3 cm³/mol. The summed E-state index contributed by atoms with van der Waals surface area (Å²) in [5.41, 5.74) is 1.84. The zero-order valence-electron chi connectivity index (χ0n) is 12.4. The Morgan fingerprint density at radius 2 is 2.00 bits per heavy atom. The van der Waals surface area contributed by atoms with E-state index < -0.39 is 0 Å². The van der Waals surface area contributed by atoms with Gasteiger partial charge in [-0.05, 0) is 30.7 Å². The average Bonchev–Trinajstić information content (AvgIpc) is 2.96. The Hall–Kier alpha value is -2.54. The minimum absolute atomic E-state index is 0.472. The van der Waals surface area contributed by atoms with E-state index in [2.05, 4.69) is 20.4 Å². The molecule has 0 saturated carbocycles. The molecule has 8 heteroatoms. The van der Waals surface area contributed by atoms with Crippen molar-refractivity contribution in [3.63, 3.8) is 0 Å². The Bertz CT molecular complexity index is 880. The highest BCUT2D eigenvalue weighted by molar-refractivity contribution is 6.29. The number of anilines is 1. The van der Waals surface area contributed by atoms with Crippen LogP contribution in [0.5, 0.6) is 11.5 Å². The van der Waals surface area contributed by atoms with Gasteiger partial charge in [-0.15, -0.1) is 5.10 Å². The second-order valence-corrected chi connectivity index (χ2v) is 5.59. The van der Waals surface area contributed by atoms with Crippen molar-refractivity contribution in [3.05, 3.63) is 40.7 Å². The molecule has 0 bridgehead atoms. The molecule has 1 aliphatic rings. The maximum absolute atomic E-state index is 6.13. The number of ether oxygens (including phenoxy) is 2. The number of fused-ring (bicyclic) bond motifs is 2. The molecule has 1 N–H and O–H groups in total. The molecule has 7 nitrogen and oxygen atoms in total. The van der Waals surface area contributed by atoms with Crippen LogP contribution in [-0.2, 0) is 6.54 Å². The fraction of sp³-hybridized carbons (Fsp3) is 0.267. The van der Waals surface area contributed by atoms with Gasteiger partial charge in [-0.2, -0.15) is 9.50 Å². The fourth-order valence-electron chi connectivity index (χ4n) is 2.40. The van der Waals surface area contributed by atoms with Crippen molar-refractivity contribution in [2.75, 3.05) is 18.5 Å². The Labute approximate surface area is 137 Å². The van der Waals surface area contributed by atoms with E-state index in [1.54, 1.807) is 6.07 Å². The number of halogens is 1. The third-order valence-electron chi connectivity index (χ3n) is 3.45. The number of hydrogen-bond donors (Lipinski definition) is 1. The zero-order valence-corrected chi connectivity index (χ0v) is 13.2. The van der Waals surface area contributed by atoms with E-state index in [9.17, 15) is 0 Å². The van der Waals surface area contributed by atoms with Crippen LogP contribution >= 0.6 is 11.6 Å². The van der Waals surface area contributed by atoms with Crippen molar-refractivity contribution in [2.24, 2.45) is 0 Å². The van der Waals surface area contributed by atoms with Crippen molar-refractivity contribution >= 4 is 23.3 Å². The molecule has 0 unspecified atom stereocenters. The normalized spacial score (nSPS) is 13.3. The van der Waals surface area contributed by atoms with Crippen molar-refractivity contribution in [3.8, 4) is 11.5 Å². The molecular weight excluding hydrogens is 318 g/mol. The average molecular weight is 332 g/mol. The molecule has 0 radical (unpaired) electrons. The smallest absolute Gasteiger partial charge is 0.255 e. The Balaban J connectivity index is 1.54. The minimum Gasteiger partial charge on any atom is -0.486 e. The van der Waals surface area contributed by atoms with Gasteiger partial charge in [0.05, 0.1) is 0 Å². The van der Waals surface area contributed by atoms with Crippen LogP contribution in [0.25, 0.3) is 5.78 Å². The minimum atomic E-state index is 0.472. The maximum Gasteiger partial charge on any atom is 0.255 e. The lowest BCUT2D eigenvalue weighted by Crippen LogP contribution is -2.15. The molecule has 3 aromatic rings. The standard InChI is InChI=1S/C15H14ClN5O2/c1-9-6-13(16)21-15(18-9)19-14(20-21)17-8-10-2-3-11-12(7-10)23-5-4-22-11/h2-3,6-7H,4-5,8H2,1H3,(H,17,20). The highest BCUT2D eigenvalue weighted by Crippen LogP contribution is 2.30. The Morgan fingerprint density at radius 1 is 1.17 bits per heavy atom. The molecule has 23 heavy (non-hydrogen) atoms. The van der Waals surface area contributed by atoms with E-state index in [0.717, 1.165) is 22.8 Å². The molecule has 0 aliphatic carbocycles. The summed E-state index contributed by atoms with van der Waals surface area (Å²) in [5, 5.41) is 7.94. The lowest BCUT2D eigenvalue weighted by atomic mass is 10.2. The first-order chi connectivity index (χ1) is 11.2. The first kappa shape index (κ1) is 14.1. The molecule has 3 heterocycles. The van der Waals surface area contributed by atoms with Crippen LogP contribution in [0.2, 0.25) is 5.15 Å². The number of benzene rings is 1.